The van der Waals surface area contributed by atoms with Crippen molar-refractivity contribution in [3.8, 4) is 0 Å². The number of ether oxygens (including phenoxy) is 3. The third-order valence-corrected chi connectivity index (χ3v) is 2.80. The summed E-state index contributed by atoms with van der Waals surface area (Å²) >= 11 is 0. The van der Waals surface area contributed by atoms with E-state index in [1.807, 2.05) is 0 Å². The summed E-state index contributed by atoms with van der Waals surface area (Å²) in [5, 5.41) is 0. The van der Waals surface area contributed by atoms with Crippen LogP contribution in [0.1, 0.15) is 19.8 Å². The Labute approximate surface area is 87.7 Å². The molecule has 0 radical (unpaired) electrons. The van der Waals surface area contributed by atoms with Crippen molar-refractivity contribution < 1.29 is 23.8 Å². The molecular formula is C10H14O5. The largest absolute Gasteiger partial charge is 0.465 e. The second-order valence-corrected chi connectivity index (χ2v) is 3.69. The number of carbonyl (C=O) groups is 2. The van der Waals surface area contributed by atoms with Gasteiger partial charge in [0, 0.05) is 0 Å². The Morgan fingerprint density at radius 1 is 1.47 bits per heavy atom. The van der Waals surface area contributed by atoms with Crippen LogP contribution in [0.25, 0.3) is 0 Å². The maximum atomic E-state index is 11.8. The number of hydrogen-bond acceptors (Lipinski definition) is 5. The van der Waals surface area contributed by atoms with Crippen molar-refractivity contribution in [2.75, 3.05) is 13.4 Å². The number of fused-ring (bicyclic) bond motifs is 1. The van der Waals surface area contributed by atoms with E-state index in [-0.39, 0.29) is 18.7 Å². The van der Waals surface area contributed by atoms with Crippen LogP contribution >= 0.6 is 0 Å². The Morgan fingerprint density at radius 2 is 2.27 bits per heavy atom. The summed E-state index contributed by atoms with van der Waals surface area (Å²) in [6, 6.07) is 0. The van der Waals surface area contributed by atoms with E-state index in [0.717, 1.165) is 0 Å². The highest BCUT2D eigenvalue weighted by Crippen LogP contribution is 2.30. The highest BCUT2D eigenvalue weighted by molar-refractivity contribution is 6.02. The van der Waals surface area contributed by atoms with Gasteiger partial charge in [-0.1, -0.05) is 0 Å². The summed E-state index contributed by atoms with van der Waals surface area (Å²) in [5.74, 6) is -1.29. The molecule has 1 saturated heterocycles. The second-order valence-electron chi connectivity index (χ2n) is 3.69. The summed E-state index contributed by atoms with van der Waals surface area (Å²) in [5.41, 5.74) is 0. The predicted molar refractivity (Wildman–Crippen MR) is 49.0 cm³/mol. The third kappa shape index (κ3) is 1.89. The Morgan fingerprint density at radius 3 is 3.00 bits per heavy atom. The lowest BCUT2D eigenvalue weighted by Crippen LogP contribution is -2.44. The van der Waals surface area contributed by atoms with Crippen LogP contribution in [0.4, 0.5) is 0 Å². The summed E-state index contributed by atoms with van der Waals surface area (Å²) in [4.78, 5) is 23.3. The molecule has 0 aromatic carbocycles. The first-order valence-corrected chi connectivity index (χ1v) is 5.17. The molecule has 2 fully saturated rings. The number of esters is 1. The Kier molecular flexibility index (Phi) is 3.02. The van der Waals surface area contributed by atoms with Crippen LogP contribution < -0.4 is 0 Å². The average molecular weight is 214 g/mol. The fraction of sp³-hybridized carbons (Fsp3) is 0.800. The lowest BCUT2D eigenvalue weighted by Gasteiger charge is -2.26. The third-order valence-electron chi connectivity index (χ3n) is 2.80. The van der Waals surface area contributed by atoms with Gasteiger partial charge in [-0.25, -0.2) is 0 Å². The monoisotopic (exact) mass is 214 g/mol. The number of ketones is 1. The zero-order valence-electron chi connectivity index (χ0n) is 8.60. The van der Waals surface area contributed by atoms with Crippen LogP contribution in [0.15, 0.2) is 0 Å². The van der Waals surface area contributed by atoms with Gasteiger partial charge in [-0.05, 0) is 19.8 Å². The normalized spacial score (nSPS) is 35.0. The molecule has 0 bridgehead atoms. The van der Waals surface area contributed by atoms with Crippen LogP contribution in [0.3, 0.4) is 0 Å². The van der Waals surface area contributed by atoms with Gasteiger partial charge in [-0.2, -0.15) is 0 Å². The highest BCUT2D eigenvalue weighted by Gasteiger charge is 2.46. The second kappa shape index (κ2) is 4.28. The molecule has 3 atom stereocenters. The molecule has 0 amide bonds. The number of hydrogen-bond donors (Lipinski definition) is 0. The van der Waals surface area contributed by atoms with Gasteiger partial charge in [0.05, 0.1) is 12.7 Å². The first-order valence-electron chi connectivity index (χ1n) is 5.17. The van der Waals surface area contributed by atoms with Crippen molar-refractivity contribution in [3.05, 3.63) is 0 Å². The highest BCUT2D eigenvalue weighted by atomic mass is 16.7. The molecule has 2 rings (SSSR count). The Hall–Kier alpha value is -0.940. The SMILES string of the molecule is CCOC(=O)C1CCC2OCOC2C1=O. The first kappa shape index (κ1) is 10.6. The molecule has 2 aliphatic rings. The van der Waals surface area contributed by atoms with Gasteiger partial charge >= 0.3 is 5.97 Å². The molecule has 1 heterocycles. The van der Waals surface area contributed by atoms with Crippen molar-refractivity contribution in [2.45, 2.75) is 32.0 Å². The van der Waals surface area contributed by atoms with Crippen molar-refractivity contribution in [2.24, 2.45) is 5.92 Å². The van der Waals surface area contributed by atoms with E-state index < -0.39 is 18.0 Å². The fourth-order valence-corrected chi connectivity index (χ4v) is 2.04. The number of carbonyl (C=O) groups excluding carboxylic acids is 2. The summed E-state index contributed by atoms with van der Waals surface area (Å²) < 4.78 is 15.2. The minimum absolute atomic E-state index is 0.149. The molecular weight excluding hydrogens is 200 g/mol. The van der Waals surface area contributed by atoms with Crippen molar-refractivity contribution in [1.29, 1.82) is 0 Å². The van der Waals surface area contributed by atoms with E-state index >= 15 is 0 Å². The molecule has 0 aromatic rings. The summed E-state index contributed by atoms with van der Waals surface area (Å²) in [6.45, 7) is 2.17. The van der Waals surface area contributed by atoms with E-state index in [2.05, 4.69) is 0 Å². The van der Waals surface area contributed by atoms with Gasteiger partial charge in [0.1, 0.15) is 18.8 Å². The van der Waals surface area contributed by atoms with E-state index in [0.29, 0.717) is 19.4 Å². The van der Waals surface area contributed by atoms with E-state index in [9.17, 15) is 9.59 Å². The lowest BCUT2D eigenvalue weighted by atomic mass is 9.84. The minimum atomic E-state index is -0.659. The zero-order valence-corrected chi connectivity index (χ0v) is 8.60. The molecule has 3 unspecified atom stereocenters. The van der Waals surface area contributed by atoms with Gasteiger partial charge in [0.25, 0.3) is 0 Å². The van der Waals surface area contributed by atoms with Crippen molar-refractivity contribution in [3.63, 3.8) is 0 Å². The standard InChI is InChI=1S/C10H14O5/c1-2-13-10(12)6-3-4-7-9(8(6)11)15-5-14-7/h6-7,9H,2-5H2,1H3. The Balaban J connectivity index is 2.03. The van der Waals surface area contributed by atoms with Gasteiger partial charge < -0.3 is 14.2 Å². The zero-order chi connectivity index (χ0) is 10.8. The maximum absolute atomic E-state index is 11.8. The number of Topliss-reactive ketones (excluding diaryl/α,β-unsaturated/α-hetero) is 1. The van der Waals surface area contributed by atoms with Crippen LogP contribution in [-0.2, 0) is 23.8 Å². The van der Waals surface area contributed by atoms with E-state index in [4.69, 9.17) is 14.2 Å². The Bertz CT molecular complexity index is 275. The van der Waals surface area contributed by atoms with Crippen molar-refractivity contribution in [1.82, 2.24) is 0 Å². The first-order chi connectivity index (χ1) is 7.24. The molecule has 1 saturated carbocycles. The predicted octanol–water partition coefficient (Wildman–Crippen LogP) is 0.270. The molecule has 1 aliphatic carbocycles. The molecule has 0 N–H and O–H groups in total. The summed E-state index contributed by atoms with van der Waals surface area (Å²) in [7, 11) is 0. The molecule has 0 aromatic heterocycles. The topological polar surface area (TPSA) is 61.8 Å². The molecule has 1 aliphatic heterocycles. The van der Waals surface area contributed by atoms with Gasteiger partial charge in [-0.3, -0.25) is 9.59 Å². The van der Waals surface area contributed by atoms with Crippen LogP contribution in [-0.4, -0.2) is 37.4 Å². The van der Waals surface area contributed by atoms with E-state index in [1.165, 1.54) is 0 Å². The van der Waals surface area contributed by atoms with Gasteiger partial charge in [0.15, 0.2) is 5.78 Å². The lowest BCUT2D eigenvalue weighted by molar-refractivity contribution is -0.156. The molecule has 15 heavy (non-hydrogen) atoms. The van der Waals surface area contributed by atoms with Gasteiger partial charge in [-0.15, -0.1) is 0 Å². The smallest absolute Gasteiger partial charge is 0.316 e. The van der Waals surface area contributed by atoms with Gasteiger partial charge in [0.2, 0.25) is 0 Å². The summed E-state index contributed by atoms with van der Waals surface area (Å²) in [6.07, 6.45) is 0.457. The quantitative estimate of drug-likeness (QED) is 0.487. The fourth-order valence-electron chi connectivity index (χ4n) is 2.04. The molecule has 84 valence electrons. The number of rotatable bonds is 2. The van der Waals surface area contributed by atoms with Crippen LogP contribution in [0.5, 0.6) is 0 Å². The maximum Gasteiger partial charge on any atom is 0.316 e. The van der Waals surface area contributed by atoms with E-state index in [1.54, 1.807) is 6.92 Å². The van der Waals surface area contributed by atoms with Crippen LogP contribution in [0.2, 0.25) is 0 Å². The van der Waals surface area contributed by atoms with Crippen molar-refractivity contribution >= 4 is 11.8 Å². The molecule has 5 heteroatoms. The minimum Gasteiger partial charge on any atom is -0.465 e. The molecule has 0 spiro atoms. The van der Waals surface area contributed by atoms with Crippen LogP contribution in [0, 0.1) is 5.92 Å². The molecule has 5 nitrogen and oxygen atoms in total. The average Bonchev–Trinajstić information content (AvgIpc) is 2.67.